The van der Waals surface area contributed by atoms with E-state index in [2.05, 4.69) is 26.1 Å². The highest BCUT2D eigenvalue weighted by Gasteiger charge is 2.19. The third kappa shape index (κ3) is 4.43. The first kappa shape index (κ1) is 15.8. The minimum absolute atomic E-state index is 0.188. The molecule has 1 aromatic rings. The maximum Gasteiger partial charge on any atom is 0.0746 e. The maximum absolute atomic E-state index is 6.23. The first-order valence-electron chi connectivity index (χ1n) is 6.13. The Balaban J connectivity index is 2.77. The predicted octanol–water partition coefficient (Wildman–Crippen LogP) is 4.46. The van der Waals surface area contributed by atoms with E-state index in [1.54, 1.807) is 13.2 Å². The summed E-state index contributed by atoms with van der Waals surface area (Å²) in [6.07, 6.45) is 0.959. The molecule has 0 aromatic heterocycles. The zero-order chi connectivity index (χ0) is 13.8. The highest BCUT2D eigenvalue weighted by atomic mass is 35.5. The number of nitrogens with one attached hydrogen (secondary N) is 1. The molecule has 0 aliphatic heterocycles. The Morgan fingerprint density at radius 3 is 2.50 bits per heavy atom. The quantitative estimate of drug-likeness (QED) is 0.835. The van der Waals surface area contributed by atoms with Crippen molar-refractivity contribution < 1.29 is 4.74 Å². The highest BCUT2D eigenvalue weighted by Crippen LogP contribution is 2.28. The second-order valence-corrected chi connectivity index (χ2v) is 5.82. The third-order valence-corrected chi connectivity index (χ3v) is 3.64. The molecule has 4 heteroatoms. The molecular weight excluding hydrogens is 269 g/mol. The zero-order valence-corrected chi connectivity index (χ0v) is 12.9. The van der Waals surface area contributed by atoms with Crippen molar-refractivity contribution in [3.05, 3.63) is 33.8 Å². The molecule has 1 atom stereocenters. The van der Waals surface area contributed by atoms with Crippen LogP contribution in [0.15, 0.2) is 18.2 Å². The molecule has 1 aromatic carbocycles. The monoisotopic (exact) mass is 289 g/mol. The van der Waals surface area contributed by atoms with Gasteiger partial charge in [-0.05, 0) is 38.0 Å². The van der Waals surface area contributed by atoms with Crippen LogP contribution in [0.2, 0.25) is 10.0 Å². The summed E-state index contributed by atoms with van der Waals surface area (Å²) in [5.41, 5.74) is 0.891. The van der Waals surface area contributed by atoms with Crippen LogP contribution < -0.4 is 5.32 Å². The van der Waals surface area contributed by atoms with Gasteiger partial charge in [-0.2, -0.15) is 0 Å². The molecular formula is C14H21Cl2NO. The first-order valence-corrected chi connectivity index (χ1v) is 6.88. The molecule has 0 aliphatic carbocycles. The fourth-order valence-electron chi connectivity index (χ4n) is 1.70. The van der Waals surface area contributed by atoms with Crippen LogP contribution >= 0.6 is 23.2 Å². The Bertz CT molecular complexity index is 393. The van der Waals surface area contributed by atoms with E-state index in [1.807, 2.05) is 12.1 Å². The summed E-state index contributed by atoms with van der Waals surface area (Å²) in [6, 6.07) is 5.84. The minimum atomic E-state index is -0.188. The van der Waals surface area contributed by atoms with E-state index in [0.717, 1.165) is 18.5 Å². The van der Waals surface area contributed by atoms with E-state index >= 15 is 0 Å². The van der Waals surface area contributed by atoms with Crippen molar-refractivity contribution in [2.75, 3.05) is 13.7 Å². The van der Waals surface area contributed by atoms with E-state index in [1.165, 1.54) is 0 Å². The first-order chi connectivity index (χ1) is 8.39. The smallest absolute Gasteiger partial charge is 0.0746 e. The van der Waals surface area contributed by atoms with Gasteiger partial charge in [0.25, 0.3) is 0 Å². The largest absolute Gasteiger partial charge is 0.377 e. The maximum atomic E-state index is 6.23. The molecule has 0 spiro atoms. The number of halogens is 2. The van der Waals surface area contributed by atoms with Crippen LogP contribution in [0.25, 0.3) is 0 Å². The molecule has 0 amide bonds. The third-order valence-electron chi connectivity index (χ3n) is 3.07. The number of hydrogen-bond acceptors (Lipinski definition) is 2. The fraction of sp³-hybridized carbons (Fsp3) is 0.571. The van der Waals surface area contributed by atoms with E-state index in [-0.39, 0.29) is 11.6 Å². The molecule has 0 saturated heterocycles. The Morgan fingerprint density at radius 2 is 2.00 bits per heavy atom. The van der Waals surface area contributed by atoms with Gasteiger partial charge < -0.3 is 10.1 Å². The van der Waals surface area contributed by atoms with Crippen molar-refractivity contribution >= 4 is 23.2 Å². The van der Waals surface area contributed by atoms with Crippen molar-refractivity contribution in [1.82, 2.24) is 5.32 Å². The van der Waals surface area contributed by atoms with Crippen molar-refractivity contribution in [3.63, 3.8) is 0 Å². The summed E-state index contributed by atoms with van der Waals surface area (Å²) < 4.78 is 5.40. The molecule has 0 aliphatic rings. The Kier molecular flexibility index (Phi) is 5.93. The summed E-state index contributed by atoms with van der Waals surface area (Å²) in [4.78, 5) is 0. The van der Waals surface area contributed by atoms with Crippen molar-refractivity contribution in [1.29, 1.82) is 0 Å². The molecule has 18 heavy (non-hydrogen) atoms. The van der Waals surface area contributed by atoms with Gasteiger partial charge in [0, 0.05) is 29.7 Å². The molecule has 1 N–H and O–H groups in total. The highest BCUT2D eigenvalue weighted by molar-refractivity contribution is 6.35. The van der Waals surface area contributed by atoms with Crippen LogP contribution in [0, 0.1) is 0 Å². The molecule has 1 rings (SSSR count). The summed E-state index contributed by atoms with van der Waals surface area (Å²) in [7, 11) is 1.72. The van der Waals surface area contributed by atoms with Crippen LogP contribution in [0.3, 0.4) is 0 Å². The summed E-state index contributed by atoms with van der Waals surface area (Å²) in [6.45, 7) is 7.00. The second-order valence-electron chi connectivity index (χ2n) is 4.97. The van der Waals surface area contributed by atoms with Crippen LogP contribution in [0.5, 0.6) is 0 Å². The van der Waals surface area contributed by atoms with Gasteiger partial charge in [0.15, 0.2) is 0 Å². The Hall–Kier alpha value is -0.280. The van der Waals surface area contributed by atoms with Crippen molar-refractivity contribution in [3.8, 4) is 0 Å². The number of rotatable bonds is 6. The lowest BCUT2D eigenvalue weighted by molar-refractivity contribution is 0.0209. The molecule has 0 bridgehead atoms. The lowest BCUT2D eigenvalue weighted by Gasteiger charge is -2.27. The average Bonchev–Trinajstić information content (AvgIpc) is 2.32. The topological polar surface area (TPSA) is 21.3 Å². The van der Waals surface area contributed by atoms with E-state index in [4.69, 9.17) is 27.9 Å². The van der Waals surface area contributed by atoms with Gasteiger partial charge in [0.1, 0.15) is 0 Å². The lowest BCUT2D eigenvalue weighted by Crippen LogP contribution is -2.38. The normalized spacial score (nSPS) is 13.7. The molecule has 0 saturated carbocycles. The van der Waals surface area contributed by atoms with Gasteiger partial charge in [-0.3, -0.25) is 0 Å². The van der Waals surface area contributed by atoms with Crippen molar-refractivity contribution in [2.45, 2.75) is 38.8 Å². The van der Waals surface area contributed by atoms with E-state index in [9.17, 15) is 0 Å². The van der Waals surface area contributed by atoms with Crippen LogP contribution in [0.1, 0.15) is 38.8 Å². The predicted molar refractivity (Wildman–Crippen MR) is 78.6 cm³/mol. The Labute approximate surface area is 120 Å². The second kappa shape index (κ2) is 6.76. The van der Waals surface area contributed by atoms with Gasteiger partial charge in [-0.15, -0.1) is 0 Å². The Morgan fingerprint density at radius 1 is 1.33 bits per heavy atom. The standard InChI is InChI=1S/C14H21Cl2NO/c1-5-13(17-9-14(2,3)18-4)11-7-6-10(15)8-12(11)16/h6-8,13,17H,5,9H2,1-4H3. The number of benzene rings is 1. The number of methoxy groups -OCH3 is 1. The van der Waals surface area contributed by atoms with Gasteiger partial charge in [0.2, 0.25) is 0 Å². The SMILES string of the molecule is CCC(NCC(C)(C)OC)c1ccc(Cl)cc1Cl. The summed E-state index contributed by atoms with van der Waals surface area (Å²) in [5, 5.41) is 4.85. The molecule has 0 radical (unpaired) electrons. The zero-order valence-electron chi connectivity index (χ0n) is 11.4. The molecule has 2 nitrogen and oxygen atoms in total. The van der Waals surface area contributed by atoms with Gasteiger partial charge in [0.05, 0.1) is 5.60 Å². The average molecular weight is 290 g/mol. The van der Waals surface area contributed by atoms with E-state index in [0.29, 0.717) is 10.0 Å². The summed E-state index contributed by atoms with van der Waals surface area (Å²) in [5.74, 6) is 0. The molecule has 0 heterocycles. The molecule has 0 fully saturated rings. The van der Waals surface area contributed by atoms with E-state index < -0.39 is 0 Å². The number of ether oxygens (including phenoxy) is 1. The van der Waals surface area contributed by atoms with Gasteiger partial charge >= 0.3 is 0 Å². The molecule has 102 valence electrons. The number of hydrogen-bond donors (Lipinski definition) is 1. The lowest BCUT2D eigenvalue weighted by atomic mass is 10.0. The van der Waals surface area contributed by atoms with Gasteiger partial charge in [-0.25, -0.2) is 0 Å². The molecule has 1 unspecified atom stereocenters. The van der Waals surface area contributed by atoms with Crippen LogP contribution in [-0.4, -0.2) is 19.3 Å². The minimum Gasteiger partial charge on any atom is -0.377 e. The summed E-state index contributed by atoms with van der Waals surface area (Å²) >= 11 is 12.1. The van der Waals surface area contributed by atoms with Crippen LogP contribution in [-0.2, 0) is 4.74 Å². The fourth-order valence-corrected chi connectivity index (χ4v) is 2.24. The van der Waals surface area contributed by atoms with Crippen LogP contribution in [0.4, 0.5) is 0 Å². The van der Waals surface area contributed by atoms with Gasteiger partial charge in [-0.1, -0.05) is 36.2 Å². The van der Waals surface area contributed by atoms with Crippen molar-refractivity contribution in [2.24, 2.45) is 0 Å².